The van der Waals surface area contributed by atoms with Crippen molar-refractivity contribution in [2.24, 2.45) is 5.73 Å². The second-order valence-electron chi connectivity index (χ2n) is 5.64. The first-order valence-electron chi connectivity index (χ1n) is 7.08. The van der Waals surface area contributed by atoms with Crippen LogP contribution in [0.4, 0.5) is 0 Å². The predicted molar refractivity (Wildman–Crippen MR) is 78.1 cm³/mol. The SMILES string of the molecule is COCn1cc(C2(CN)CCCC2)c2ccccc21. The van der Waals surface area contributed by atoms with E-state index < -0.39 is 0 Å². The third kappa shape index (κ3) is 1.97. The molecule has 3 heteroatoms. The number of nitrogens with zero attached hydrogens (tertiary/aromatic N) is 1. The lowest BCUT2D eigenvalue weighted by molar-refractivity contribution is 0.134. The first-order valence-corrected chi connectivity index (χ1v) is 7.08. The molecular formula is C16H22N2O. The minimum Gasteiger partial charge on any atom is -0.364 e. The molecule has 0 spiro atoms. The first-order chi connectivity index (χ1) is 9.30. The Morgan fingerprint density at radius 2 is 2.00 bits per heavy atom. The molecule has 0 saturated heterocycles. The van der Waals surface area contributed by atoms with Crippen molar-refractivity contribution in [2.75, 3.05) is 13.7 Å². The Balaban J connectivity index is 2.17. The van der Waals surface area contributed by atoms with Crippen molar-refractivity contribution >= 4 is 10.9 Å². The lowest BCUT2D eigenvalue weighted by Crippen LogP contribution is -2.31. The average Bonchev–Trinajstić information content (AvgIpc) is 3.05. The number of rotatable bonds is 4. The zero-order valence-corrected chi connectivity index (χ0v) is 11.6. The third-order valence-electron chi connectivity index (χ3n) is 4.58. The maximum atomic E-state index is 6.13. The highest BCUT2D eigenvalue weighted by Crippen LogP contribution is 2.43. The van der Waals surface area contributed by atoms with Gasteiger partial charge in [0.2, 0.25) is 0 Å². The van der Waals surface area contributed by atoms with Crippen molar-refractivity contribution in [3.63, 3.8) is 0 Å². The van der Waals surface area contributed by atoms with E-state index in [4.69, 9.17) is 10.5 Å². The van der Waals surface area contributed by atoms with Gasteiger partial charge in [0.05, 0.1) is 5.52 Å². The van der Waals surface area contributed by atoms with Gasteiger partial charge in [-0.05, 0) is 24.5 Å². The molecule has 1 aromatic carbocycles. The number of para-hydroxylation sites is 1. The minimum atomic E-state index is 0.179. The normalized spacial score (nSPS) is 18.2. The summed E-state index contributed by atoms with van der Waals surface area (Å²) < 4.78 is 7.51. The molecule has 19 heavy (non-hydrogen) atoms. The zero-order chi connectivity index (χ0) is 13.3. The molecule has 1 fully saturated rings. The fourth-order valence-corrected chi connectivity index (χ4v) is 3.55. The smallest absolute Gasteiger partial charge is 0.122 e. The molecule has 2 aromatic rings. The van der Waals surface area contributed by atoms with Gasteiger partial charge in [0.1, 0.15) is 6.73 Å². The fourth-order valence-electron chi connectivity index (χ4n) is 3.55. The molecule has 3 nitrogen and oxygen atoms in total. The van der Waals surface area contributed by atoms with Crippen molar-refractivity contribution in [3.8, 4) is 0 Å². The standard InChI is InChI=1S/C16H22N2O/c1-19-12-18-10-14(13-6-2-3-7-15(13)18)16(11-17)8-4-5-9-16/h2-3,6-7,10H,4-5,8-9,11-12,17H2,1H3. The number of nitrogens with two attached hydrogens (primary N) is 1. The van der Waals surface area contributed by atoms with Crippen LogP contribution in [-0.4, -0.2) is 18.2 Å². The van der Waals surface area contributed by atoms with Crippen molar-refractivity contribution < 1.29 is 4.74 Å². The summed E-state index contributed by atoms with van der Waals surface area (Å²) in [4.78, 5) is 0. The van der Waals surface area contributed by atoms with Crippen LogP contribution in [0, 0.1) is 0 Å². The van der Waals surface area contributed by atoms with Gasteiger partial charge < -0.3 is 15.0 Å². The second kappa shape index (κ2) is 4.99. The van der Waals surface area contributed by atoms with Crippen LogP contribution < -0.4 is 5.73 Å². The Morgan fingerprint density at radius 3 is 2.68 bits per heavy atom. The van der Waals surface area contributed by atoms with Crippen molar-refractivity contribution in [1.29, 1.82) is 0 Å². The van der Waals surface area contributed by atoms with E-state index in [2.05, 4.69) is 35.0 Å². The second-order valence-corrected chi connectivity index (χ2v) is 5.64. The highest BCUT2D eigenvalue weighted by molar-refractivity contribution is 5.85. The van der Waals surface area contributed by atoms with Crippen LogP contribution in [0.2, 0.25) is 0 Å². The van der Waals surface area contributed by atoms with Crippen LogP contribution >= 0.6 is 0 Å². The monoisotopic (exact) mass is 258 g/mol. The molecule has 1 aromatic heterocycles. The van der Waals surface area contributed by atoms with E-state index >= 15 is 0 Å². The molecule has 102 valence electrons. The average molecular weight is 258 g/mol. The first kappa shape index (κ1) is 12.7. The molecule has 0 atom stereocenters. The maximum absolute atomic E-state index is 6.13. The van der Waals surface area contributed by atoms with E-state index in [9.17, 15) is 0 Å². The number of hydrogen-bond donors (Lipinski definition) is 1. The highest BCUT2D eigenvalue weighted by Gasteiger charge is 2.36. The van der Waals surface area contributed by atoms with Crippen molar-refractivity contribution in [1.82, 2.24) is 4.57 Å². The van der Waals surface area contributed by atoms with E-state index in [1.807, 2.05) is 0 Å². The lowest BCUT2D eigenvalue weighted by atomic mass is 9.79. The van der Waals surface area contributed by atoms with Crippen molar-refractivity contribution in [3.05, 3.63) is 36.0 Å². The molecule has 0 bridgehead atoms. The van der Waals surface area contributed by atoms with Crippen LogP contribution in [-0.2, 0) is 16.9 Å². The van der Waals surface area contributed by atoms with Gasteiger partial charge in [0.15, 0.2) is 0 Å². The van der Waals surface area contributed by atoms with Gasteiger partial charge >= 0.3 is 0 Å². The Kier molecular flexibility index (Phi) is 3.33. The molecule has 2 N–H and O–H groups in total. The molecule has 1 aliphatic carbocycles. The van der Waals surface area contributed by atoms with Gasteiger partial charge in [-0.2, -0.15) is 0 Å². The molecule has 0 radical (unpaired) electrons. The van der Waals surface area contributed by atoms with Gasteiger partial charge in [0.25, 0.3) is 0 Å². The number of fused-ring (bicyclic) bond motifs is 1. The van der Waals surface area contributed by atoms with Gasteiger partial charge in [0, 0.05) is 30.7 Å². The van der Waals surface area contributed by atoms with Gasteiger partial charge in [-0.3, -0.25) is 0 Å². The Hall–Kier alpha value is -1.32. The largest absolute Gasteiger partial charge is 0.364 e. The number of ether oxygens (including phenoxy) is 1. The number of hydrogen-bond acceptors (Lipinski definition) is 2. The Morgan fingerprint density at radius 1 is 1.26 bits per heavy atom. The van der Waals surface area contributed by atoms with E-state index in [0.29, 0.717) is 6.73 Å². The van der Waals surface area contributed by atoms with Crippen molar-refractivity contribution in [2.45, 2.75) is 37.8 Å². The molecule has 1 heterocycles. The van der Waals surface area contributed by atoms with Crippen LogP contribution in [0.15, 0.2) is 30.5 Å². The molecule has 0 aliphatic heterocycles. The quantitative estimate of drug-likeness (QED) is 0.915. The summed E-state index contributed by atoms with van der Waals surface area (Å²) in [6.07, 6.45) is 7.27. The van der Waals surface area contributed by atoms with E-state index in [-0.39, 0.29) is 5.41 Å². The predicted octanol–water partition coefficient (Wildman–Crippen LogP) is 3.02. The van der Waals surface area contributed by atoms with Crippen LogP contribution in [0.5, 0.6) is 0 Å². The summed E-state index contributed by atoms with van der Waals surface area (Å²) in [6, 6.07) is 8.58. The Bertz CT molecular complexity index is 567. The third-order valence-corrected chi connectivity index (χ3v) is 4.58. The number of benzene rings is 1. The zero-order valence-electron chi connectivity index (χ0n) is 11.6. The molecule has 1 aliphatic rings. The van der Waals surface area contributed by atoms with Gasteiger partial charge in [-0.25, -0.2) is 0 Å². The maximum Gasteiger partial charge on any atom is 0.122 e. The van der Waals surface area contributed by atoms with Crippen LogP contribution in [0.25, 0.3) is 10.9 Å². The summed E-state index contributed by atoms with van der Waals surface area (Å²) in [5, 5.41) is 1.34. The lowest BCUT2D eigenvalue weighted by Gasteiger charge is -2.27. The number of aromatic nitrogens is 1. The topological polar surface area (TPSA) is 40.2 Å². The van der Waals surface area contributed by atoms with Crippen LogP contribution in [0.3, 0.4) is 0 Å². The van der Waals surface area contributed by atoms with Gasteiger partial charge in [-0.1, -0.05) is 31.0 Å². The number of methoxy groups -OCH3 is 1. The molecule has 0 unspecified atom stereocenters. The molecular weight excluding hydrogens is 236 g/mol. The molecule has 1 saturated carbocycles. The summed E-state index contributed by atoms with van der Waals surface area (Å²) in [7, 11) is 1.74. The van der Waals surface area contributed by atoms with E-state index in [0.717, 1.165) is 6.54 Å². The van der Waals surface area contributed by atoms with Gasteiger partial charge in [-0.15, -0.1) is 0 Å². The molecule has 0 amide bonds. The minimum absolute atomic E-state index is 0.179. The summed E-state index contributed by atoms with van der Waals surface area (Å²) in [6.45, 7) is 1.34. The summed E-state index contributed by atoms with van der Waals surface area (Å²) >= 11 is 0. The van der Waals surface area contributed by atoms with E-state index in [1.165, 1.54) is 42.1 Å². The summed E-state index contributed by atoms with van der Waals surface area (Å²) in [5.74, 6) is 0. The molecule has 3 rings (SSSR count). The summed E-state index contributed by atoms with van der Waals surface area (Å²) in [5.41, 5.74) is 8.98. The van der Waals surface area contributed by atoms with Crippen LogP contribution in [0.1, 0.15) is 31.2 Å². The fraction of sp³-hybridized carbons (Fsp3) is 0.500. The highest BCUT2D eigenvalue weighted by atomic mass is 16.5. The van der Waals surface area contributed by atoms with E-state index in [1.54, 1.807) is 7.11 Å². The Labute approximate surface area is 114 Å².